The van der Waals surface area contributed by atoms with Gasteiger partial charge in [-0.2, -0.15) is 4.31 Å². The zero-order valence-electron chi connectivity index (χ0n) is 11.5. The Kier molecular flexibility index (Phi) is 3.96. The summed E-state index contributed by atoms with van der Waals surface area (Å²) >= 11 is 7.28. The molecule has 0 saturated heterocycles. The number of benzene rings is 1. The lowest BCUT2D eigenvalue weighted by molar-refractivity contribution is 0.469. The fourth-order valence-corrected chi connectivity index (χ4v) is 4.75. The van der Waals surface area contributed by atoms with Crippen LogP contribution in [0.4, 0.5) is 5.69 Å². The van der Waals surface area contributed by atoms with Crippen molar-refractivity contribution < 1.29 is 8.42 Å². The van der Waals surface area contributed by atoms with Gasteiger partial charge >= 0.3 is 0 Å². The van der Waals surface area contributed by atoms with E-state index in [1.807, 2.05) is 12.1 Å². The van der Waals surface area contributed by atoms with Gasteiger partial charge in [0.1, 0.15) is 0 Å². The van der Waals surface area contributed by atoms with E-state index in [2.05, 4.69) is 5.32 Å². The second kappa shape index (κ2) is 5.61. The molecule has 0 amide bonds. The molecule has 1 N–H and O–H groups in total. The molecule has 0 spiro atoms. The van der Waals surface area contributed by atoms with Crippen LogP contribution in [0.1, 0.15) is 10.4 Å². The SMILES string of the molecule is CN(Cc1ccc(Cl)s1)S(=O)(=O)c1ccc2c(c1)NCC2. The summed E-state index contributed by atoms with van der Waals surface area (Å²) in [4.78, 5) is 1.24. The standard InChI is InChI=1S/C14H15ClN2O2S2/c1-17(9-11-3-5-14(15)20-11)21(18,19)12-4-2-10-6-7-16-13(10)8-12/h2-5,8,16H,6-7,9H2,1H3. The highest BCUT2D eigenvalue weighted by atomic mass is 35.5. The molecule has 1 aromatic carbocycles. The molecule has 7 heteroatoms. The summed E-state index contributed by atoms with van der Waals surface area (Å²) in [5, 5.41) is 3.21. The van der Waals surface area contributed by atoms with Crippen molar-refractivity contribution in [2.45, 2.75) is 17.9 Å². The molecule has 1 aliphatic rings. The molecule has 0 radical (unpaired) electrons. The van der Waals surface area contributed by atoms with Crippen LogP contribution in [0, 0.1) is 0 Å². The Bertz CT molecular complexity index is 771. The van der Waals surface area contributed by atoms with Crippen molar-refractivity contribution >= 4 is 38.6 Å². The van der Waals surface area contributed by atoms with Crippen LogP contribution >= 0.6 is 22.9 Å². The molecular weight excluding hydrogens is 328 g/mol. The number of halogens is 1. The third kappa shape index (κ3) is 2.94. The Labute approximate surface area is 133 Å². The Morgan fingerprint density at radius 2 is 2.14 bits per heavy atom. The predicted molar refractivity (Wildman–Crippen MR) is 86.6 cm³/mol. The lowest BCUT2D eigenvalue weighted by Crippen LogP contribution is -2.26. The van der Waals surface area contributed by atoms with Gasteiger partial charge in [0.05, 0.1) is 9.23 Å². The maximum Gasteiger partial charge on any atom is 0.243 e. The zero-order chi connectivity index (χ0) is 15.0. The third-order valence-electron chi connectivity index (χ3n) is 3.51. The highest BCUT2D eigenvalue weighted by molar-refractivity contribution is 7.89. The third-order valence-corrected chi connectivity index (χ3v) is 6.52. The van der Waals surface area contributed by atoms with E-state index in [1.54, 1.807) is 25.2 Å². The number of thiophene rings is 1. The summed E-state index contributed by atoms with van der Waals surface area (Å²) in [6.45, 7) is 1.19. The highest BCUT2D eigenvalue weighted by Crippen LogP contribution is 2.28. The minimum absolute atomic E-state index is 0.320. The number of fused-ring (bicyclic) bond motifs is 1. The molecule has 0 unspecified atom stereocenters. The molecule has 1 aromatic heterocycles. The number of hydrogen-bond donors (Lipinski definition) is 1. The first-order valence-corrected chi connectivity index (χ1v) is 9.17. The van der Waals surface area contributed by atoms with Gasteiger partial charge < -0.3 is 5.32 Å². The average molecular weight is 343 g/mol. The van der Waals surface area contributed by atoms with Gasteiger partial charge in [-0.15, -0.1) is 11.3 Å². The van der Waals surface area contributed by atoms with Crippen LogP contribution in [0.3, 0.4) is 0 Å². The first-order valence-electron chi connectivity index (χ1n) is 6.54. The van der Waals surface area contributed by atoms with E-state index in [9.17, 15) is 8.42 Å². The lowest BCUT2D eigenvalue weighted by Gasteiger charge is -2.17. The summed E-state index contributed by atoms with van der Waals surface area (Å²) < 4.78 is 27.2. The van der Waals surface area contributed by atoms with Gasteiger partial charge in [-0.1, -0.05) is 17.7 Å². The smallest absolute Gasteiger partial charge is 0.243 e. The normalized spacial score (nSPS) is 14.2. The van der Waals surface area contributed by atoms with E-state index in [4.69, 9.17) is 11.6 Å². The molecule has 0 aliphatic carbocycles. The Hall–Kier alpha value is -1.08. The molecular formula is C14H15ClN2O2S2. The summed E-state index contributed by atoms with van der Waals surface area (Å²) in [5.74, 6) is 0. The number of hydrogen-bond acceptors (Lipinski definition) is 4. The van der Waals surface area contributed by atoms with E-state index < -0.39 is 10.0 Å². The summed E-state index contributed by atoms with van der Waals surface area (Å²) in [6.07, 6.45) is 0.944. The van der Waals surface area contributed by atoms with Crippen LogP contribution in [0.15, 0.2) is 35.2 Å². The van der Waals surface area contributed by atoms with E-state index in [-0.39, 0.29) is 0 Å². The maximum absolute atomic E-state index is 12.6. The maximum atomic E-state index is 12.6. The van der Waals surface area contributed by atoms with E-state index in [1.165, 1.54) is 21.2 Å². The van der Waals surface area contributed by atoms with Crippen molar-refractivity contribution in [3.05, 3.63) is 45.1 Å². The van der Waals surface area contributed by atoms with Crippen LogP contribution < -0.4 is 5.32 Å². The molecule has 0 atom stereocenters. The average Bonchev–Trinajstić information content (AvgIpc) is 3.06. The van der Waals surface area contributed by atoms with Gasteiger partial charge in [0.25, 0.3) is 0 Å². The fraction of sp³-hybridized carbons (Fsp3) is 0.286. The highest BCUT2D eigenvalue weighted by Gasteiger charge is 2.23. The van der Waals surface area contributed by atoms with Gasteiger partial charge in [-0.05, 0) is 36.2 Å². The number of nitrogens with one attached hydrogen (secondary N) is 1. The summed E-state index contributed by atoms with van der Waals surface area (Å²) in [6, 6.07) is 8.91. The lowest BCUT2D eigenvalue weighted by atomic mass is 10.2. The number of anilines is 1. The monoisotopic (exact) mass is 342 g/mol. The second-order valence-electron chi connectivity index (χ2n) is 4.96. The van der Waals surface area contributed by atoms with Gasteiger partial charge in [-0.25, -0.2) is 8.42 Å². The van der Waals surface area contributed by atoms with Crippen molar-refractivity contribution in [3.8, 4) is 0 Å². The largest absolute Gasteiger partial charge is 0.384 e. The Balaban J connectivity index is 1.85. The second-order valence-corrected chi connectivity index (χ2v) is 8.81. The quantitative estimate of drug-likeness (QED) is 0.928. The molecule has 112 valence electrons. The minimum atomic E-state index is -3.49. The molecule has 2 heterocycles. The summed E-state index contributed by atoms with van der Waals surface area (Å²) in [7, 11) is -1.91. The molecule has 0 saturated carbocycles. The molecule has 1 aliphatic heterocycles. The molecule has 0 bridgehead atoms. The van der Waals surface area contributed by atoms with Gasteiger partial charge in [-0.3, -0.25) is 0 Å². The van der Waals surface area contributed by atoms with Crippen LogP contribution in [0.25, 0.3) is 0 Å². The molecule has 3 rings (SSSR count). The van der Waals surface area contributed by atoms with Crippen molar-refractivity contribution in [3.63, 3.8) is 0 Å². The van der Waals surface area contributed by atoms with Crippen molar-refractivity contribution in [2.24, 2.45) is 0 Å². The fourth-order valence-electron chi connectivity index (χ4n) is 2.35. The predicted octanol–water partition coefficient (Wildman–Crippen LogP) is 3.19. The molecule has 2 aromatic rings. The Morgan fingerprint density at radius 3 is 2.86 bits per heavy atom. The first-order chi connectivity index (χ1) is 9.96. The molecule has 4 nitrogen and oxygen atoms in total. The van der Waals surface area contributed by atoms with E-state index in [0.717, 1.165) is 23.5 Å². The van der Waals surface area contributed by atoms with Gasteiger partial charge in [0, 0.05) is 30.7 Å². The number of nitrogens with zero attached hydrogens (tertiary/aromatic N) is 1. The van der Waals surface area contributed by atoms with E-state index in [0.29, 0.717) is 15.8 Å². The Morgan fingerprint density at radius 1 is 1.33 bits per heavy atom. The van der Waals surface area contributed by atoms with Crippen molar-refractivity contribution in [2.75, 3.05) is 18.9 Å². The van der Waals surface area contributed by atoms with Gasteiger partial charge in [0.2, 0.25) is 10.0 Å². The first kappa shape index (κ1) is 14.8. The van der Waals surface area contributed by atoms with Gasteiger partial charge in [0.15, 0.2) is 0 Å². The molecule has 21 heavy (non-hydrogen) atoms. The zero-order valence-corrected chi connectivity index (χ0v) is 13.9. The molecule has 0 fully saturated rings. The number of sulfonamides is 1. The van der Waals surface area contributed by atoms with Crippen LogP contribution in [-0.2, 0) is 23.0 Å². The van der Waals surface area contributed by atoms with Crippen LogP contribution in [0.5, 0.6) is 0 Å². The number of rotatable bonds is 4. The van der Waals surface area contributed by atoms with E-state index >= 15 is 0 Å². The summed E-state index contributed by atoms with van der Waals surface area (Å²) in [5.41, 5.74) is 2.09. The topological polar surface area (TPSA) is 49.4 Å². The van der Waals surface area contributed by atoms with Crippen molar-refractivity contribution in [1.29, 1.82) is 0 Å². The van der Waals surface area contributed by atoms with Crippen LogP contribution in [-0.4, -0.2) is 26.3 Å². The van der Waals surface area contributed by atoms with Crippen LogP contribution in [0.2, 0.25) is 4.34 Å². The van der Waals surface area contributed by atoms with Crippen molar-refractivity contribution in [1.82, 2.24) is 4.31 Å². The minimum Gasteiger partial charge on any atom is -0.384 e.